The lowest BCUT2D eigenvalue weighted by atomic mass is 9.96. The summed E-state index contributed by atoms with van der Waals surface area (Å²) in [5.74, 6) is -0.648. The molecule has 11 heteroatoms. The third-order valence-corrected chi connectivity index (χ3v) is 7.80. The van der Waals surface area contributed by atoms with E-state index in [2.05, 4.69) is 15.7 Å². The zero-order chi connectivity index (χ0) is 33.0. The summed E-state index contributed by atoms with van der Waals surface area (Å²) >= 11 is 0. The maximum Gasteiger partial charge on any atom is 0.435 e. The van der Waals surface area contributed by atoms with E-state index in [9.17, 15) is 23.2 Å². The Morgan fingerprint density at radius 3 is 2.49 bits per heavy atom. The first-order chi connectivity index (χ1) is 22.7. The van der Waals surface area contributed by atoms with Gasteiger partial charge in [-0.2, -0.15) is 23.5 Å². The molecular weight excluding hydrogens is 610 g/mol. The molecule has 1 aromatic heterocycles. The Morgan fingerprint density at radius 2 is 1.74 bits per heavy atom. The van der Waals surface area contributed by atoms with Crippen LogP contribution in [0.25, 0.3) is 5.69 Å². The molecule has 4 aromatic carbocycles. The number of amides is 1. The predicted octanol–water partition coefficient (Wildman–Crippen LogP) is 7.82. The van der Waals surface area contributed by atoms with Crippen LogP contribution < -0.4 is 15.4 Å². The summed E-state index contributed by atoms with van der Waals surface area (Å²) in [7, 11) is 0. The highest BCUT2D eigenvalue weighted by Crippen LogP contribution is 2.35. The van der Waals surface area contributed by atoms with E-state index in [-0.39, 0.29) is 16.9 Å². The van der Waals surface area contributed by atoms with Gasteiger partial charge in [-0.15, -0.1) is 0 Å². The van der Waals surface area contributed by atoms with E-state index in [1.54, 1.807) is 6.07 Å². The summed E-state index contributed by atoms with van der Waals surface area (Å²) in [5.41, 5.74) is 0.618. The number of aromatic nitrogens is 2. The molecule has 1 aliphatic carbocycles. The fourth-order valence-electron chi connectivity index (χ4n) is 5.19. The van der Waals surface area contributed by atoms with Crippen LogP contribution in [0, 0.1) is 23.1 Å². The molecule has 2 N–H and O–H groups in total. The van der Waals surface area contributed by atoms with Crippen molar-refractivity contribution in [1.29, 1.82) is 5.26 Å². The number of hydrogen-bond donors (Lipinski definition) is 2. The van der Waals surface area contributed by atoms with Crippen molar-refractivity contribution in [2.75, 3.05) is 11.9 Å². The number of nitrogens with one attached hydrogen (secondary N) is 2. The van der Waals surface area contributed by atoms with E-state index >= 15 is 4.39 Å². The molecule has 6 rings (SSSR count). The number of carbonyl (C=O) groups excluding carboxylic acids is 1. The van der Waals surface area contributed by atoms with E-state index in [0.717, 1.165) is 28.7 Å². The lowest BCUT2D eigenvalue weighted by Crippen LogP contribution is -2.25. The first kappa shape index (κ1) is 31.5. The number of ether oxygens (including phenoxy) is 1. The van der Waals surface area contributed by atoms with Gasteiger partial charge in [0.15, 0.2) is 5.69 Å². The maximum atomic E-state index is 15.2. The molecular formula is C36H29F4N5O2. The van der Waals surface area contributed by atoms with Gasteiger partial charge in [0.25, 0.3) is 5.91 Å². The number of hydrogen-bond acceptors (Lipinski definition) is 5. The summed E-state index contributed by atoms with van der Waals surface area (Å²) in [6, 6.07) is 29.2. The van der Waals surface area contributed by atoms with Gasteiger partial charge < -0.3 is 15.4 Å². The van der Waals surface area contributed by atoms with Crippen molar-refractivity contribution in [2.45, 2.75) is 31.7 Å². The average molecular weight is 640 g/mol. The molecule has 1 amide bonds. The largest absolute Gasteiger partial charge is 0.489 e. The highest BCUT2D eigenvalue weighted by atomic mass is 19.4. The second kappa shape index (κ2) is 13.5. The Morgan fingerprint density at radius 1 is 0.979 bits per heavy atom. The summed E-state index contributed by atoms with van der Waals surface area (Å²) in [6.45, 7) is 1.04. The quantitative estimate of drug-likeness (QED) is 0.144. The monoisotopic (exact) mass is 639 g/mol. The lowest BCUT2D eigenvalue weighted by molar-refractivity contribution is -0.141. The average Bonchev–Trinajstić information content (AvgIpc) is 3.79. The number of carbonyl (C=O) groups is 1. The SMILES string of the molecule is N#Cc1cccc(-n2nc(C(F)(F)F)cc2C(=O)Nc2cc(C(NCC3CC3)c3ccccc3OCc3ccccc3)ccc2F)c1. The van der Waals surface area contributed by atoms with Gasteiger partial charge in [-0.05, 0) is 72.8 Å². The van der Waals surface area contributed by atoms with Gasteiger partial charge in [0.1, 0.15) is 23.9 Å². The molecule has 0 bridgehead atoms. The number of benzene rings is 4. The first-order valence-electron chi connectivity index (χ1n) is 15.0. The molecule has 238 valence electrons. The van der Waals surface area contributed by atoms with Crippen molar-refractivity contribution in [3.63, 3.8) is 0 Å². The van der Waals surface area contributed by atoms with Crippen LogP contribution in [0.2, 0.25) is 0 Å². The summed E-state index contributed by atoms with van der Waals surface area (Å²) < 4.78 is 63.3. The van der Waals surface area contributed by atoms with Crippen LogP contribution in [0.1, 0.15) is 57.3 Å². The van der Waals surface area contributed by atoms with Crippen LogP contribution in [-0.2, 0) is 12.8 Å². The van der Waals surface area contributed by atoms with Gasteiger partial charge >= 0.3 is 6.18 Å². The molecule has 0 spiro atoms. The molecule has 1 atom stereocenters. The minimum absolute atomic E-state index is 0.0652. The topological polar surface area (TPSA) is 92.0 Å². The van der Waals surface area contributed by atoms with Crippen LogP contribution in [0.5, 0.6) is 5.75 Å². The zero-order valence-electron chi connectivity index (χ0n) is 25.0. The van der Waals surface area contributed by atoms with Crippen molar-refractivity contribution in [1.82, 2.24) is 15.1 Å². The number of alkyl halides is 3. The van der Waals surface area contributed by atoms with Crippen LogP contribution in [0.4, 0.5) is 23.2 Å². The van der Waals surface area contributed by atoms with Gasteiger partial charge in [-0.25, -0.2) is 9.07 Å². The predicted molar refractivity (Wildman–Crippen MR) is 167 cm³/mol. The Balaban J connectivity index is 1.32. The third-order valence-electron chi connectivity index (χ3n) is 7.80. The number of anilines is 1. The smallest absolute Gasteiger partial charge is 0.435 e. The molecule has 1 saturated carbocycles. The Hall–Kier alpha value is -5.47. The van der Waals surface area contributed by atoms with Gasteiger partial charge in [-0.3, -0.25) is 4.79 Å². The molecule has 1 fully saturated rings. The zero-order valence-corrected chi connectivity index (χ0v) is 25.0. The van der Waals surface area contributed by atoms with Crippen LogP contribution in [-0.4, -0.2) is 22.2 Å². The Labute approximate surface area is 268 Å². The molecule has 0 radical (unpaired) electrons. The van der Waals surface area contributed by atoms with E-state index in [1.807, 2.05) is 60.7 Å². The molecule has 0 saturated heterocycles. The number of rotatable bonds is 11. The normalized spacial score (nSPS) is 13.5. The second-order valence-corrected chi connectivity index (χ2v) is 11.3. The summed E-state index contributed by atoms with van der Waals surface area (Å²) in [4.78, 5) is 13.5. The van der Waals surface area contributed by atoms with Gasteiger partial charge in [-0.1, -0.05) is 60.7 Å². The molecule has 1 aliphatic rings. The third kappa shape index (κ3) is 7.51. The van der Waals surface area contributed by atoms with Crippen molar-refractivity contribution in [3.05, 3.63) is 143 Å². The highest BCUT2D eigenvalue weighted by molar-refractivity contribution is 6.03. The maximum absolute atomic E-state index is 15.2. The number of halogens is 4. The highest BCUT2D eigenvalue weighted by Gasteiger charge is 2.36. The molecule has 1 heterocycles. The van der Waals surface area contributed by atoms with Gasteiger partial charge in [0.05, 0.1) is 29.0 Å². The summed E-state index contributed by atoms with van der Waals surface area (Å²) in [6.07, 6.45) is -2.66. The fourth-order valence-corrected chi connectivity index (χ4v) is 5.19. The first-order valence-corrected chi connectivity index (χ1v) is 15.0. The molecule has 1 unspecified atom stereocenters. The Bertz CT molecular complexity index is 1930. The van der Waals surface area contributed by atoms with Gasteiger partial charge in [0.2, 0.25) is 0 Å². The van der Waals surface area contributed by atoms with Crippen molar-refractivity contribution in [2.24, 2.45) is 5.92 Å². The minimum Gasteiger partial charge on any atom is -0.489 e. The minimum atomic E-state index is -4.85. The van der Waals surface area contributed by atoms with E-state index in [1.165, 1.54) is 36.4 Å². The molecule has 7 nitrogen and oxygen atoms in total. The number of nitrogens with zero attached hydrogens (tertiary/aromatic N) is 3. The second-order valence-electron chi connectivity index (χ2n) is 11.3. The van der Waals surface area contributed by atoms with Crippen LogP contribution in [0.3, 0.4) is 0 Å². The number of nitriles is 1. The standard InChI is InChI=1S/C36H29F4N5O2/c37-29-16-15-26(34(42-21-23-13-14-23)28-11-4-5-12-32(28)47-22-24-7-2-1-3-8-24)18-30(29)43-35(46)31-19-33(36(38,39)40)44-45(31)27-10-6-9-25(17-27)20-41/h1-12,15-19,23,34,42H,13-14,21-22H2,(H,43,46). The van der Waals surface area contributed by atoms with Crippen molar-refractivity contribution in [3.8, 4) is 17.5 Å². The molecule has 5 aromatic rings. The van der Waals surface area contributed by atoms with Gasteiger partial charge in [0, 0.05) is 11.6 Å². The van der Waals surface area contributed by atoms with E-state index < -0.39 is 35.3 Å². The molecule has 0 aliphatic heterocycles. The fraction of sp³-hybridized carbons (Fsp3) is 0.194. The summed E-state index contributed by atoms with van der Waals surface area (Å²) in [5, 5.41) is 18.9. The number of para-hydroxylation sites is 1. The van der Waals surface area contributed by atoms with Crippen molar-refractivity contribution < 1.29 is 27.1 Å². The van der Waals surface area contributed by atoms with Crippen LogP contribution >= 0.6 is 0 Å². The molecule has 47 heavy (non-hydrogen) atoms. The van der Waals surface area contributed by atoms with Crippen LogP contribution in [0.15, 0.2) is 103 Å². The Kier molecular flexibility index (Phi) is 9.04. The van der Waals surface area contributed by atoms with E-state index in [4.69, 9.17) is 4.74 Å². The lowest BCUT2D eigenvalue weighted by Gasteiger charge is -2.23. The van der Waals surface area contributed by atoms with E-state index in [0.29, 0.717) is 36.4 Å². The van der Waals surface area contributed by atoms with Crippen molar-refractivity contribution >= 4 is 11.6 Å².